The zero-order chi connectivity index (χ0) is 10.3. The molecule has 3 aromatic rings. The van der Waals surface area contributed by atoms with Crippen LogP contribution >= 0.6 is 0 Å². The van der Waals surface area contributed by atoms with Gasteiger partial charge in [0.1, 0.15) is 11.3 Å². The van der Waals surface area contributed by atoms with E-state index in [1.54, 1.807) is 13.4 Å². The van der Waals surface area contributed by atoms with Gasteiger partial charge in [-0.15, -0.1) is 0 Å². The largest absolute Gasteiger partial charge is 0.497 e. The number of benzene rings is 2. The van der Waals surface area contributed by atoms with Crippen molar-refractivity contribution in [1.29, 1.82) is 0 Å². The first-order chi connectivity index (χ1) is 7.38. The van der Waals surface area contributed by atoms with Crippen molar-refractivity contribution in [3.05, 3.63) is 42.7 Å². The molecule has 1 aromatic heterocycles. The van der Waals surface area contributed by atoms with Crippen molar-refractivity contribution in [2.24, 2.45) is 0 Å². The Morgan fingerprint density at radius 1 is 1.00 bits per heavy atom. The first-order valence-electron chi connectivity index (χ1n) is 4.82. The SMILES string of the molecule is COc1ccc2ccc3occc3c2c1. The highest BCUT2D eigenvalue weighted by Gasteiger charge is 2.03. The fourth-order valence-corrected chi connectivity index (χ4v) is 1.88. The third-order valence-corrected chi connectivity index (χ3v) is 2.66. The molecule has 0 bridgehead atoms. The molecule has 0 saturated carbocycles. The maximum absolute atomic E-state index is 5.36. The standard InChI is InChI=1S/C13H10O2/c1-14-10-4-2-9-3-5-13-11(6-7-15-13)12(9)8-10/h2-8H,1H3. The van der Waals surface area contributed by atoms with Gasteiger partial charge in [-0.1, -0.05) is 12.1 Å². The van der Waals surface area contributed by atoms with Crippen LogP contribution in [0.5, 0.6) is 5.75 Å². The minimum atomic E-state index is 0.871. The second kappa shape index (κ2) is 3.02. The van der Waals surface area contributed by atoms with Gasteiger partial charge in [0.05, 0.1) is 13.4 Å². The molecule has 0 aliphatic rings. The highest BCUT2D eigenvalue weighted by Crippen LogP contribution is 2.28. The summed E-state index contributed by atoms with van der Waals surface area (Å²) in [5, 5.41) is 3.50. The lowest BCUT2D eigenvalue weighted by Crippen LogP contribution is -1.82. The summed E-state index contributed by atoms with van der Waals surface area (Å²) >= 11 is 0. The van der Waals surface area contributed by atoms with Crippen LogP contribution in [0.3, 0.4) is 0 Å². The Morgan fingerprint density at radius 2 is 1.87 bits per heavy atom. The Labute approximate surface area is 87.1 Å². The van der Waals surface area contributed by atoms with E-state index < -0.39 is 0 Å². The summed E-state index contributed by atoms with van der Waals surface area (Å²) in [4.78, 5) is 0. The van der Waals surface area contributed by atoms with E-state index in [1.807, 2.05) is 24.3 Å². The minimum Gasteiger partial charge on any atom is -0.497 e. The molecule has 2 heteroatoms. The molecule has 0 amide bonds. The molecule has 0 aliphatic carbocycles. The molecule has 74 valence electrons. The molecule has 3 rings (SSSR count). The van der Waals surface area contributed by atoms with Crippen LogP contribution in [0.1, 0.15) is 0 Å². The number of furan rings is 1. The van der Waals surface area contributed by atoms with Crippen molar-refractivity contribution in [3.63, 3.8) is 0 Å². The first-order valence-corrected chi connectivity index (χ1v) is 4.82. The highest BCUT2D eigenvalue weighted by atomic mass is 16.5. The van der Waals surface area contributed by atoms with Crippen LogP contribution in [-0.2, 0) is 0 Å². The average molecular weight is 198 g/mol. The summed E-state index contributed by atoms with van der Waals surface area (Å²) in [6, 6.07) is 12.1. The molecule has 0 N–H and O–H groups in total. The summed E-state index contributed by atoms with van der Waals surface area (Å²) in [6.07, 6.45) is 1.71. The molecule has 2 nitrogen and oxygen atoms in total. The maximum Gasteiger partial charge on any atom is 0.134 e. The molecular weight excluding hydrogens is 188 g/mol. The summed E-state index contributed by atoms with van der Waals surface area (Å²) in [7, 11) is 1.68. The number of methoxy groups -OCH3 is 1. The third-order valence-electron chi connectivity index (χ3n) is 2.66. The van der Waals surface area contributed by atoms with Crippen LogP contribution in [0.2, 0.25) is 0 Å². The van der Waals surface area contributed by atoms with Crippen molar-refractivity contribution in [2.45, 2.75) is 0 Å². The van der Waals surface area contributed by atoms with Gasteiger partial charge < -0.3 is 9.15 Å². The van der Waals surface area contributed by atoms with Gasteiger partial charge in [0.25, 0.3) is 0 Å². The second-order valence-corrected chi connectivity index (χ2v) is 3.49. The average Bonchev–Trinajstić information content (AvgIpc) is 2.76. The van der Waals surface area contributed by atoms with E-state index in [9.17, 15) is 0 Å². The molecule has 0 spiro atoms. The summed E-state index contributed by atoms with van der Waals surface area (Å²) in [6.45, 7) is 0. The van der Waals surface area contributed by atoms with E-state index in [-0.39, 0.29) is 0 Å². The predicted octanol–water partition coefficient (Wildman–Crippen LogP) is 3.59. The Hall–Kier alpha value is -1.96. The highest BCUT2D eigenvalue weighted by molar-refractivity contribution is 6.06. The summed E-state index contributed by atoms with van der Waals surface area (Å²) in [5.74, 6) is 0.871. The Balaban J connectivity index is 2.48. The van der Waals surface area contributed by atoms with Gasteiger partial charge in [0.2, 0.25) is 0 Å². The minimum absolute atomic E-state index is 0.871. The van der Waals surface area contributed by atoms with Crippen molar-refractivity contribution in [2.75, 3.05) is 7.11 Å². The zero-order valence-electron chi connectivity index (χ0n) is 8.36. The molecule has 0 aliphatic heterocycles. The monoisotopic (exact) mass is 198 g/mol. The van der Waals surface area contributed by atoms with Gasteiger partial charge in [0, 0.05) is 5.39 Å². The van der Waals surface area contributed by atoms with E-state index in [4.69, 9.17) is 9.15 Å². The molecule has 1 heterocycles. The van der Waals surface area contributed by atoms with Crippen LogP contribution < -0.4 is 4.74 Å². The molecule has 0 unspecified atom stereocenters. The molecular formula is C13H10O2. The lowest BCUT2D eigenvalue weighted by atomic mass is 10.1. The molecule has 2 aromatic carbocycles. The number of hydrogen-bond acceptors (Lipinski definition) is 2. The number of fused-ring (bicyclic) bond motifs is 3. The normalized spacial score (nSPS) is 11.0. The quantitative estimate of drug-likeness (QED) is 0.596. The van der Waals surface area contributed by atoms with Gasteiger partial charge in [0.15, 0.2) is 0 Å². The molecule has 0 fully saturated rings. The second-order valence-electron chi connectivity index (χ2n) is 3.49. The smallest absolute Gasteiger partial charge is 0.134 e. The lowest BCUT2D eigenvalue weighted by Gasteiger charge is -2.02. The van der Waals surface area contributed by atoms with Crippen molar-refractivity contribution in [3.8, 4) is 5.75 Å². The Bertz CT molecular complexity index is 623. The van der Waals surface area contributed by atoms with Crippen LogP contribution in [-0.4, -0.2) is 7.11 Å². The Kier molecular flexibility index (Phi) is 1.68. The van der Waals surface area contributed by atoms with E-state index in [2.05, 4.69) is 12.1 Å². The van der Waals surface area contributed by atoms with E-state index in [1.165, 1.54) is 10.8 Å². The number of ether oxygens (including phenoxy) is 1. The summed E-state index contributed by atoms with van der Waals surface area (Å²) < 4.78 is 10.6. The van der Waals surface area contributed by atoms with Gasteiger partial charge in [-0.25, -0.2) is 0 Å². The van der Waals surface area contributed by atoms with Gasteiger partial charge in [-0.2, -0.15) is 0 Å². The van der Waals surface area contributed by atoms with E-state index in [0.717, 1.165) is 16.7 Å². The van der Waals surface area contributed by atoms with Gasteiger partial charge >= 0.3 is 0 Å². The first kappa shape index (κ1) is 8.36. The molecule has 15 heavy (non-hydrogen) atoms. The van der Waals surface area contributed by atoms with E-state index >= 15 is 0 Å². The predicted molar refractivity (Wildman–Crippen MR) is 60.3 cm³/mol. The summed E-state index contributed by atoms with van der Waals surface area (Å²) in [5.41, 5.74) is 0.913. The molecule has 0 atom stereocenters. The maximum atomic E-state index is 5.36. The third kappa shape index (κ3) is 1.18. The Morgan fingerprint density at radius 3 is 2.73 bits per heavy atom. The topological polar surface area (TPSA) is 22.4 Å². The van der Waals surface area contributed by atoms with Crippen LogP contribution in [0, 0.1) is 0 Å². The fraction of sp³-hybridized carbons (Fsp3) is 0.0769. The number of rotatable bonds is 1. The lowest BCUT2D eigenvalue weighted by molar-refractivity contribution is 0.415. The molecule has 0 saturated heterocycles. The van der Waals surface area contributed by atoms with E-state index in [0.29, 0.717) is 0 Å². The van der Waals surface area contributed by atoms with Crippen LogP contribution in [0.15, 0.2) is 47.1 Å². The molecule has 0 radical (unpaired) electrons. The van der Waals surface area contributed by atoms with Crippen LogP contribution in [0.4, 0.5) is 0 Å². The number of hydrogen-bond donors (Lipinski definition) is 0. The van der Waals surface area contributed by atoms with Crippen molar-refractivity contribution < 1.29 is 9.15 Å². The fourth-order valence-electron chi connectivity index (χ4n) is 1.88. The van der Waals surface area contributed by atoms with Gasteiger partial charge in [-0.05, 0) is 35.0 Å². The van der Waals surface area contributed by atoms with Crippen molar-refractivity contribution in [1.82, 2.24) is 0 Å². The van der Waals surface area contributed by atoms with Crippen LogP contribution in [0.25, 0.3) is 21.7 Å². The zero-order valence-corrected chi connectivity index (χ0v) is 8.36. The van der Waals surface area contributed by atoms with Gasteiger partial charge in [-0.3, -0.25) is 0 Å². The van der Waals surface area contributed by atoms with Crippen molar-refractivity contribution >= 4 is 21.7 Å².